The zero-order chi connectivity index (χ0) is 18.8. The van der Waals surface area contributed by atoms with Crippen molar-refractivity contribution in [2.45, 2.75) is 12.1 Å². The van der Waals surface area contributed by atoms with E-state index in [0.29, 0.717) is 11.3 Å². The molecule has 5 N–H and O–H groups in total. The van der Waals surface area contributed by atoms with Crippen molar-refractivity contribution in [2.24, 2.45) is 0 Å². The van der Waals surface area contributed by atoms with Crippen molar-refractivity contribution in [3.8, 4) is 11.3 Å². The molecule has 136 valence electrons. The summed E-state index contributed by atoms with van der Waals surface area (Å²) in [7, 11) is 1.21. The molecule has 0 bridgehead atoms. The molecule has 1 aromatic carbocycles. The highest BCUT2D eigenvalue weighted by atomic mass is 16.5. The maximum absolute atomic E-state index is 12.0. The number of methoxy groups -OCH3 is 1. The number of fused-ring (bicyclic) bond motifs is 1. The smallest absolute Gasteiger partial charge is 0.341 e. The van der Waals surface area contributed by atoms with Crippen LogP contribution >= 0.6 is 0 Å². The number of aliphatic hydroxyl groups excluding tert-OH is 2. The van der Waals surface area contributed by atoms with Crippen LogP contribution in [0.4, 0.5) is 5.69 Å². The predicted octanol–water partition coefficient (Wildman–Crippen LogP) is 0.312. The van der Waals surface area contributed by atoms with Crippen molar-refractivity contribution >= 4 is 11.7 Å². The second-order valence-electron chi connectivity index (χ2n) is 5.79. The summed E-state index contributed by atoms with van der Waals surface area (Å²) in [6.07, 6.45) is 1.71. The molecule has 0 radical (unpaired) electrons. The molecule has 1 aromatic rings. The van der Waals surface area contributed by atoms with Crippen LogP contribution in [0.25, 0.3) is 11.3 Å². The van der Waals surface area contributed by atoms with Crippen LogP contribution in [0.2, 0.25) is 0 Å². The number of nitrogens with one attached hydrogen (secondary N) is 1. The van der Waals surface area contributed by atoms with Gasteiger partial charge in [0.05, 0.1) is 25.3 Å². The standard InChI is InChI=1S/C17H18N4O5/c1-26-17(25)12-7-21(6-11-14(12)19-20-16(11)24)13(8-22)15(23)9-2-4-10(18)5-3-9/h2-7,13,15,22-23H,8,18H2,1H3,(H,20,24)/t13-,15-/m0/s1. The molecule has 26 heavy (non-hydrogen) atoms. The molecule has 9 heteroatoms. The fraction of sp³-hybridized carbons (Fsp3) is 0.235. The van der Waals surface area contributed by atoms with Crippen LogP contribution in [0.1, 0.15) is 28.1 Å². The Hall–Kier alpha value is -3.17. The molecule has 2 atom stereocenters. The summed E-state index contributed by atoms with van der Waals surface area (Å²) in [5.74, 6) is -0.686. The number of hydrogen-bond donors (Lipinski definition) is 4. The molecule has 3 rings (SSSR count). The average Bonchev–Trinajstić information content (AvgIpc) is 3.02. The summed E-state index contributed by atoms with van der Waals surface area (Å²) in [5, 5.41) is 26.6. The van der Waals surface area contributed by atoms with Gasteiger partial charge in [-0.3, -0.25) is 4.79 Å². The monoisotopic (exact) mass is 358 g/mol. The summed E-state index contributed by atoms with van der Waals surface area (Å²) >= 11 is 0. The second kappa shape index (κ2) is 6.98. The van der Waals surface area contributed by atoms with Crippen LogP contribution in [-0.4, -0.2) is 44.7 Å². The van der Waals surface area contributed by atoms with E-state index < -0.39 is 30.3 Å². The first-order valence-electron chi connectivity index (χ1n) is 7.78. The third-order valence-corrected chi connectivity index (χ3v) is 4.20. The van der Waals surface area contributed by atoms with E-state index in [1.165, 1.54) is 24.1 Å². The summed E-state index contributed by atoms with van der Waals surface area (Å²) in [6, 6.07) is 5.69. The van der Waals surface area contributed by atoms with Gasteiger partial charge in [0, 0.05) is 18.1 Å². The van der Waals surface area contributed by atoms with Gasteiger partial charge in [-0.1, -0.05) is 12.1 Å². The van der Waals surface area contributed by atoms with E-state index >= 15 is 0 Å². The summed E-state index contributed by atoms with van der Waals surface area (Å²) in [4.78, 5) is 24.0. The van der Waals surface area contributed by atoms with Crippen LogP contribution in [0.15, 0.2) is 41.5 Å². The SMILES string of the molecule is COC(=O)c1cn([C@@H](CO)[C@@H](O)c2ccc(N)cc2)cc2c(=O)[nH]nc1-2. The number of benzene rings is 1. The van der Waals surface area contributed by atoms with Crippen LogP contribution in [0, 0.1) is 0 Å². The number of nitrogens with two attached hydrogens (primary N) is 1. The van der Waals surface area contributed by atoms with Crippen molar-refractivity contribution in [1.82, 2.24) is 14.8 Å². The molecular formula is C17H18N4O5. The first kappa shape index (κ1) is 17.6. The number of anilines is 1. The van der Waals surface area contributed by atoms with E-state index in [1.807, 2.05) is 0 Å². The summed E-state index contributed by atoms with van der Waals surface area (Å²) in [6.45, 7) is -0.436. The lowest BCUT2D eigenvalue weighted by Gasteiger charge is -2.25. The number of aromatic nitrogens is 3. The maximum Gasteiger partial charge on any atom is 0.341 e. The number of nitrogen functional groups attached to an aromatic ring is 1. The Morgan fingerprint density at radius 1 is 1.35 bits per heavy atom. The predicted molar refractivity (Wildman–Crippen MR) is 92.7 cm³/mol. The number of nitrogens with zero attached hydrogens (tertiary/aromatic N) is 2. The van der Waals surface area contributed by atoms with Gasteiger partial charge in [-0.25, -0.2) is 9.89 Å². The number of esters is 1. The molecule has 0 fully saturated rings. The number of ether oxygens (including phenoxy) is 1. The van der Waals surface area contributed by atoms with Crippen molar-refractivity contribution < 1.29 is 19.7 Å². The minimum Gasteiger partial charge on any atom is -0.465 e. The molecule has 0 amide bonds. The van der Waals surface area contributed by atoms with Gasteiger partial charge in [0.1, 0.15) is 17.4 Å². The van der Waals surface area contributed by atoms with Gasteiger partial charge in [0.2, 0.25) is 0 Å². The Kier molecular flexibility index (Phi) is 4.74. The third kappa shape index (κ3) is 3.05. The quantitative estimate of drug-likeness (QED) is 0.379. The Morgan fingerprint density at radius 3 is 2.65 bits per heavy atom. The van der Waals surface area contributed by atoms with Crippen LogP contribution in [0.3, 0.4) is 0 Å². The first-order valence-corrected chi connectivity index (χ1v) is 7.78. The molecule has 0 aromatic heterocycles. The molecule has 2 aliphatic heterocycles. The lowest BCUT2D eigenvalue weighted by molar-refractivity contribution is 0.0589. The number of hydrogen-bond acceptors (Lipinski definition) is 7. The maximum atomic E-state index is 12.0. The number of aromatic amines is 1. The number of H-pyrrole nitrogens is 1. The van der Waals surface area contributed by atoms with E-state index in [1.54, 1.807) is 24.3 Å². The molecule has 9 nitrogen and oxygen atoms in total. The van der Waals surface area contributed by atoms with Crippen LogP contribution in [-0.2, 0) is 4.74 Å². The van der Waals surface area contributed by atoms with Crippen LogP contribution < -0.4 is 11.3 Å². The first-order chi connectivity index (χ1) is 12.5. The highest BCUT2D eigenvalue weighted by molar-refractivity contribution is 5.95. The van der Waals surface area contributed by atoms with E-state index in [-0.39, 0.29) is 16.8 Å². The van der Waals surface area contributed by atoms with Gasteiger partial charge in [0.15, 0.2) is 0 Å². The fourth-order valence-electron chi connectivity index (χ4n) is 2.78. The average molecular weight is 358 g/mol. The minimum absolute atomic E-state index is 0.0475. The molecule has 0 saturated carbocycles. The van der Waals surface area contributed by atoms with Gasteiger partial charge >= 0.3 is 5.97 Å². The third-order valence-electron chi connectivity index (χ3n) is 4.20. The van der Waals surface area contributed by atoms with Crippen molar-refractivity contribution in [1.29, 1.82) is 0 Å². The van der Waals surface area contributed by atoms with Gasteiger partial charge in [-0.15, -0.1) is 0 Å². The molecule has 0 aliphatic carbocycles. The zero-order valence-electron chi connectivity index (χ0n) is 13.9. The zero-order valence-corrected chi connectivity index (χ0v) is 13.9. The number of aliphatic hydroxyl groups is 2. The van der Waals surface area contributed by atoms with Gasteiger partial charge in [-0.2, -0.15) is 5.10 Å². The summed E-state index contributed by atoms with van der Waals surface area (Å²) < 4.78 is 6.14. The van der Waals surface area contributed by atoms with Crippen molar-refractivity contribution in [3.63, 3.8) is 0 Å². The number of rotatable bonds is 5. The van der Waals surface area contributed by atoms with Crippen molar-refractivity contribution in [3.05, 3.63) is 58.1 Å². The minimum atomic E-state index is -1.10. The summed E-state index contributed by atoms with van der Waals surface area (Å²) in [5.41, 5.74) is 6.59. The normalized spacial score (nSPS) is 13.5. The molecule has 2 heterocycles. The molecule has 0 unspecified atom stereocenters. The molecule has 2 aliphatic rings. The highest BCUT2D eigenvalue weighted by Gasteiger charge is 2.27. The lowest BCUT2D eigenvalue weighted by atomic mass is 10.0. The van der Waals surface area contributed by atoms with E-state index in [0.717, 1.165) is 0 Å². The van der Waals surface area contributed by atoms with Gasteiger partial charge in [0.25, 0.3) is 5.56 Å². The van der Waals surface area contributed by atoms with Gasteiger partial charge in [-0.05, 0) is 17.7 Å². The van der Waals surface area contributed by atoms with E-state index in [2.05, 4.69) is 10.2 Å². The largest absolute Gasteiger partial charge is 0.465 e. The van der Waals surface area contributed by atoms with E-state index in [9.17, 15) is 19.8 Å². The molecule has 0 saturated heterocycles. The van der Waals surface area contributed by atoms with Crippen LogP contribution in [0.5, 0.6) is 0 Å². The Bertz CT molecular complexity index is 947. The Labute approximate surface area is 148 Å². The number of carbonyl (C=O) groups excluding carboxylic acids is 1. The van der Waals surface area contributed by atoms with Crippen molar-refractivity contribution in [2.75, 3.05) is 19.5 Å². The second-order valence-corrected chi connectivity index (χ2v) is 5.79. The Balaban J connectivity index is 2.10. The topological polar surface area (TPSA) is 143 Å². The molecule has 0 spiro atoms. The lowest BCUT2D eigenvalue weighted by Crippen LogP contribution is -2.23. The van der Waals surface area contributed by atoms with E-state index in [4.69, 9.17) is 10.5 Å². The van der Waals surface area contributed by atoms with Gasteiger partial charge < -0.3 is 25.3 Å². The fourth-order valence-corrected chi connectivity index (χ4v) is 2.78. The number of carbonyl (C=O) groups is 1. The number of pyridine rings is 1. The Morgan fingerprint density at radius 2 is 2.04 bits per heavy atom. The highest BCUT2D eigenvalue weighted by Crippen LogP contribution is 2.30. The molecular weight excluding hydrogens is 340 g/mol.